The van der Waals surface area contributed by atoms with Crippen molar-refractivity contribution >= 4 is 17.9 Å². The second-order valence-corrected chi connectivity index (χ2v) is 14.6. The topological polar surface area (TPSA) is 140 Å². The van der Waals surface area contributed by atoms with E-state index in [1.54, 1.807) is 0 Å². The highest BCUT2D eigenvalue weighted by atomic mass is 16.6. The summed E-state index contributed by atoms with van der Waals surface area (Å²) in [4.78, 5) is 38.2. The molecule has 9 heteroatoms. The van der Waals surface area contributed by atoms with Crippen LogP contribution in [0.5, 0.6) is 0 Å². The normalized spacial score (nSPS) is 44.7. The summed E-state index contributed by atoms with van der Waals surface area (Å²) >= 11 is 0. The highest BCUT2D eigenvalue weighted by Crippen LogP contribution is 2.74. The summed E-state index contributed by atoms with van der Waals surface area (Å²) in [5.41, 5.74) is -0.132. The minimum Gasteiger partial charge on any atom is -0.466 e. The zero-order valence-electron chi connectivity index (χ0n) is 27.3. The molecule has 0 radical (unpaired) electrons. The number of esters is 3. The Morgan fingerprint density at radius 2 is 1.60 bits per heavy atom. The lowest BCUT2D eigenvalue weighted by atomic mass is 9.35. The van der Waals surface area contributed by atoms with E-state index in [2.05, 4.69) is 13.8 Å². The molecule has 0 aromatic heterocycles. The first kappa shape index (κ1) is 33.7. The fourth-order valence-corrected chi connectivity index (χ4v) is 10.3. The van der Waals surface area contributed by atoms with Crippen LogP contribution in [-0.4, -0.2) is 70.9 Å². The van der Waals surface area contributed by atoms with Gasteiger partial charge in [0.2, 0.25) is 0 Å². The van der Waals surface area contributed by atoms with Gasteiger partial charge in [0.05, 0.1) is 25.4 Å². The maximum atomic E-state index is 13.3. The molecular formula is C34H52O9. The van der Waals surface area contributed by atoms with Crippen LogP contribution in [0.1, 0.15) is 93.9 Å². The lowest BCUT2D eigenvalue weighted by molar-refractivity contribution is -0.307. The monoisotopic (exact) mass is 604 g/mol. The van der Waals surface area contributed by atoms with Crippen molar-refractivity contribution in [2.75, 3.05) is 7.11 Å². The number of carbonyl (C=O) groups excluding carboxylic acids is 3. The van der Waals surface area contributed by atoms with Gasteiger partial charge in [0.25, 0.3) is 0 Å². The second-order valence-electron chi connectivity index (χ2n) is 14.6. The molecule has 12 atom stereocenters. The van der Waals surface area contributed by atoms with E-state index in [4.69, 9.17) is 14.2 Å². The molecule has 0 aliphatic heterocycles. The van der Waals surface area contributed by atoms with Gasteiger partial charge >= 0.3 is 17.9 Å². The summed E-state index contributed by atoms with van der Waals surface area (Å²) in [6.45, 7) is 14.7. The van der Waals surface area contributed by atoms with Crippen LogP contribution in [0.3, 0.4) is 0 Å². The number of carbonyl (C=O) groups is 3. The Bertz CT molecular complexity index is 1190. The average Bonchev–Trinajstić information content (AvgIpc) is 3.17. The van der Waals surface area contributed by atoms with Crippen LogP contribution in [0.4, 0.5) is 0 Å². The molecule has 9 nitrogen and oxygen atoms in total. The van der Waals surface area contributed by atoms with Crippen LogP contribution in [0.25, 0.3) is 0 Å². The molecule has 0 spiro atoms. The Morgan fingerprint density at radius 3 is 2.16 bits per heavy atom. The van der Waals surface area contributed by atoms with Gasteiger partial charge in [-0.1, -0.05) is 39.3 Å². The van der Waals surface area contributed by atoms with Crippen LogP contribution in [0.15, 0.2) is 22.8 Å². The Morgan fingerprint density at radius 1 is 0.977 bits per heavy atom. The van der Waals surface area contributed by atoms with E-state index in [1.807, 2.05) is 33.8 Å². The molecule has 4 fully saturated rings. The first-order valence-electron chi connectivity index (χ1n) is 15.8. The quantitative estimate of drug-likeness (QED) is 0.176. The SMILES string of the molecule is COC(=O)/C(CCC=C(C)C)=C1\[C@@H](OC(C)=O)C[C@@]2(C)[C@H]1C[C@H](O)[C@H]1[C@@]3(C)CC[C@@H](O)[C@@H](C)[C@H]3[C@@H](OC(C)=O)[C@H](O)[C@@]12C. The van der Waals surface area contributed by atoms with Gasteiger partial charge in [-0.3, -0.25) is 9.59 Å². The van der Waals surface area contributed by atoms with Gasteiger partial charge in [0.1, 0.15) is 12.2 Å². The maximum absolute atomic E-state index is 13.3. The van der Waals surface area contributed by atoms with Gasteiger partial charge in [0, 0.05) is 30.8 Å². The number of fused-ring (bicyclic) bond motifs is 5. The molecule has 4 rings (SSSR count). The molecule has 4 saturated carbocycles. The van der Waals surface area contributed by atoms with Gasteiger partial charge in [-0.2, -0.15) is 0 Å². The first-order valence-corrected chi connectivity index (χ1v) is 15.8. The van der Waals surface area contributed by atoms with E-state index in [9.17, 15) is 29.7 Å². The number of allylic oxidation sites excluding steroid dienone is 2. The number of aliphatic hydroxyl groups is 3. The van der Waals surface area contributed by atoms with E-state index in [0.29, 0.717) is 49.7 Å². The molecule has 3 N–H and O–H groups in total. The van der Waals surface area contributed by atoms with Crippen molar-refractivity contribution in [3.63, 3.8) is 0 Å². The fraction of sp³-hybridized carbons (Fsp3) is 0.794. The van der Waals surface area contributed by atoms with Crippen molar-refractivity contribution in [3.05, 3.63) is 22.8 Å². The van der Waals surface area contributed by atoms with Crippen molar-refractivity contribution in [2.24, 2.45) is 39.9 Å². The third kappa shape index (κ3) is 5.27. The number of hydrogen-bond donors (Lipinski definition) is 3. The molecule has 0 aromatic carbocycles. The van der Waals surface area contributed by atoms with Crippen LogP contribution in [0, 0.1) is 39.9 Å². The number of ether oxygens (including phenoxy) is 3. The van der Waals surface area contributed by atoms with Crippen molar-refractivity contribution < 1.29 is 43.9 Å². The first-order chi connectivity index (χ1) is 19.9. The molecule has 0 aromatic rings. The molecule has 4 aliphatic carbocycles. The molecule has 4 aliphatic rings. The third-order valence-electron chi connectivity index (χ3n) is 12.1. The van der Waals surface area contributed by atoms with Gasteiger partial charge in [0.15, 0.2) is 0 Å². The average molecular weight is 605 g/mol. The molecule has 0 saturated heterocycles. The zero-order chi connectivity index (χ0) is 32.2. The number of rotatable bonds is 6. The predicted molar refractivity (Wildman–Crippen MR) is 159 cm³/mol. The predicted octanol–water partition coefficient (Wildman–Crippen LogP) is 4.27. The van der Waals surface area contributed by atoms with Crippen LogP contribution in [0.2, 0.25) is 0 Å². The number of hydrogen-bond acceptors (Lipinski definition) is 9. The summed E-state index contributed by atoms with van der Waals surface area (Å²) in [5.74, 6) is -2.96. The van der Waals surface area contributed by atoms with Crippen molar-refractivity contribution in [2.45, 2.75) is 124 Å². The van der Waals surface area contributed by atoms with Gasteiger partial charge in [-0.25, -0.2) is 4.79 Å². The van der Waals surface area contributed by atoms with Gasteiger partial charge in [-0.05, 0) is 86.5 Å². The summed E-state index contributed by atoms with van der Waals surface area (Å²) in [7, 11) is 1.33. The molecule has 0 heterocycles. The molecular weight excluding hydrogens is 552 g/mol. The Kier molecular flexibility index (Phi) is 9.34. The van der Waals surface area contributed by atoms with E-state index < -0.39 is 76.5 Å². The van der Waals surface area contributed by atoms with Crippen LogP contribution >= 0.6 is 0 Å². The molecule has 0 amide bonds. The Hall–Kier alpha value is -2.23. The Labute approximate surface area is 256 Å². The van der Waals surface area contributed by atoms with Gasteiger partial charge < -0.3 is 29.5 Å². The highest BCUT2D eigenvalue weighted by molar-refractivity contribution is 5.90. The number of methoxy groups -OCH3 is 1. The van der Waals surface area contributed by atoms with Crippen molar-refractivity contribution in [1.29, 1.82) is 0 Å². The summed E-state index contributed by atoms with van der Waals surface area (Å²) in [6, 6.07) is 0. The fourth-order valence-electron chi connectivity index (χ4n) is 10.3. The minimum atomic E-state index is -1.18. The van der Waals surface area contributed by atoms with Crippen LogP contribution in [-0.2, 0) is 28.6 Å². The minimum absolute atomic E-state index is 0.270. The molecule has 0 bridgehead atoms. The van der Waals surface area contributed by atoms with Crippen LogP contribution < -0.4 is 0 Å². The standard InChI is InChI=1S/C34H52O9/c1-17(2)11-10-12-21(31(40)41-9)26-22-15-24(38)29-32(6)14-13-23(37)18(3)27(32)28(43-20(5)36)30(39)34(29,8)33(22,7)16-25(26)42-19(4)35/h11,18,22-25,27-30,37-39H,10,12-16H2,1-9H3/b26-21-/t18-,22+,23-,24+,25+,27+,28-,29+,30+,32+,33+,34-/m1/s1. The van der Waals surface area contributed by atoms with E-state index >= 15 is 0 Å². The Balaban J connectivity index is 1.95. The van der Waals surface area contributed by atoms with Gasteiger partial charge in [-0.15, -0.1) is 0 Å². The lowest BCUT2D eigenvalue weighted by Crippen LogP contribution is -2.74. The molecule has 43 heavy (non-hydrogen) atoms. The summed E-state index contributed by atoms with van der Waals surface area (Å²) in [5, 5.41) is 35.5. The second kappa shape index (κ2) is 11.9. The zero-order valence-corrected chi connectivity index (χ0v) is 27.3. The van der Waals surface area contributed by atoms with Crippen molar-refractivity contribution in [3.8, 4) is 0 Å². The van der Waals surface area contributed by atoms with Crippen molar-refractivity contribution in [1.82, 2.24) is 0 Å². The highest BCUT2D eigenvalue weighted by Gasteiger charge is 2.76. The third-order valence-corrected chi connectivity index (χ3v) is 12.1. The smallest absolute Gasteiger partial charge is 0.333 e. The molecule has 0 unspecified atom stereocenters. The molecule has 242 valence electrons. The summed E-state index contributed by atoms with van der Waals surface area (Å²) in [6.07, 6.45) is 0.472. The van der Waals surface area contributed by atoms with E-state index in [-0.39, 0.29) is 11.8 Å². The largest absolute Gasteiger partial charge is 0.466 e. The van der Waals surface area contributed by atoms with E-state index in [1.165, 1.54) is 21.0 Å². The maximum Gasteiger partial charge on any atom is 0.333 e. The lowest BCUT2D eigenvalue weighted by Gasteiger charge is -2.71. The summed E-state index contributed by atoms with van der Waals surface area (Å²) < 4.78 is 17.1. The van der Waals surface area contributed by atoms with E-state index in [0.717, 1.165) is 5.57 Å². The number of aliphatic hydroxyl groups excluding tert-OH is 3.